The highest BCUT2D eigenvalue weighted by Gasteiger charge is 2.38. The van der Waals surface area contributed by atoms with E-state index in [1.807, 2.05) is 0 Å². The molecule has 1 heterocycles. The fourth-order valence-corrected chi connectivity index (χ4v) is 3.63. The molecule has 3 rings (SSSR count). The molecular formula is C14H10F3N3O2S. The molecule has 0 bridgehead atoms. The summed E-state index contributed by atoms with van der Waals surface area (Å²) in [5.74, 6) is 0. The van der Waals surface area contributed by atoms with E-state index in [0.29, 0.717) is 12.8 Å². The van der Waals surface area contributed by atoms with Crippen LogP contribution in [0.4, 0.5) is 13.2 Å². The van der Waals surface area contributed by atoms with Gasteiger partial charge in [0.05, 0.1) is 34.8 Å². The highest BCUT2D eigenvalue weighted by atomic mass is 32.2. The molecular weight excluding hydrogens is 331 g/mol. The Morgan fingerprint density at radius 3 is 2.57 bits per heavy atom. The van der Waals surface area contributed by atoms with Crippen LogP contribution < -0.4 is 0 Å². The lowest BCUT2D eigenvalue weighted by atomic mass is 10.00. The molecule has 0 radical (unpaired) electrons. The smallest absolute Gasteiger partial charge is 0.204 e. The van der Waals surface area contributed by atoms with Crippen LogP contribution in [0.25, 0.3) is 11.1 Å². The van der Waals surface area contributed by atoms with E-state index in [-0.39, 0.29) is 16.7 Å². The highest BCUT2D eigenvalue weighted by Crippen LogP contribution is 2.35. The van der Waals surface area contributed by atoms with Crippen molar-refractivity contribution in [3.63, 3.8) is 0 Å². The minimum atomic E-state index is -4.56. The Bertz CT molecular complexity index is 906. The Morgan fingerprint density at radius 2 is 2.00 bits per heavy atom. The first-order chi connectivity index (χ1) is 10.7. The fraction of sp³-hybridized carbons (Fsp3) is 0.286. The average Bonchev–Trinajstić information content (AvgIpc) is 3.23. The van der Waals surface area contributed by atoms with E-state index in [9.17, 15) is 21.6 Å². The number of nitrogens with zero attached hydrogens (tertiary/aromatic N) is 3. The van der Waals surface area contributed by atoms with Crippen molar-refractivity contribution in [1.82, 2.24) is 9.19 Å². The van der Waals surface area contributed by atoms with Gasteiger partial charge in [-0.3, -0.25) is 0 Å². The van der Waals surface area contributed by atoms with Crippen molar-refractivity contribution in [3.8, 4) is 17.2 Å². The van der Waals surface area contributed by atoms with E-state index in [2.05, 4.69) is 5.10 Å². The first kappa shape index (κ1) is 15.6. The number of hydrogen-bond acceptors (Lipinski definition) is 4. The van der Waals surface area contributed by atoms with Crippen LogP contribution >= 0.6 is 0 Å². The molecule has 5 nitrogen and oxygen atoms in total. The molecule has 23 heavy (non-hydrogen) atoms. The molecule has 0 N–H and O–H groups in total. The Hall–Kier alpha value is -2.34. The van der Waals surface area contributed by atoms with Gasteiger partial charge in [0.15, 0.2) is 0 Å². The third kappa shape index (κ3) is 2.82. The molecule has 1 aliphatic rings. The molecule has 9 heteroatoms. The molecule has 0 atom stereocenters. The largest absolute Gasteiger partial charge is 0.416 e. The zero-order valence-corrected chi connectivity index (χ0v) is 12.4. The Balaban J connectivity index is 2.08. The second kappa shape index (κ2) is 5.09. The molecule has 1 fully saturated rings. The van der Waals surface area contributed by atoms with Gasteiger partial charge in [-0.2, -0.15) is 27.6 Å². The van der Waals surface area contributed by atoms with E-state index in [1.54, 1.807) is 6.07 Å². The number of rotatable bonds is 3. The minimum Gasteiger partial charge on any atom is -0.204 e. The lowest BCUT2D eigenvalue weighted by Crippen LogP contribution is -2.17. The zero-order chi connectivity index (χ0) is 16.8. The van der Waals surface area contributed by atoms with Crippen LogP contribution in [0.1, 0.15) is 24.0 Å². The Kier molecular flexibility index (Phi) is 3.44. The summed E-state index contributed by atoms with van der Waals surface area (Å²) >= 11 is 0. The van der Waals surface area contributed by atoms with Gasteiger partial charge in [0.1, 0.15) is 0 Å². The van der Waals surface area contributed by atoms with Crippen LogP contribution in [-0.2, 0) is 16.2 Å². The van der Waals surface area contributed by atoms with Crippen molar-refractivity contribution in [1.29, 1.82) is 5.26 Å². The van der Waals surface area contributed by atoms with E-state index < -0.39 is 27.0 Å². The van der Waals surface area contributed by atoms with Gasteiger partial charge in [0.25, 0.3) is 10.0 Å². The predicted molar refractivity (Wildman–Crippen MR) is 74.7 cm³/mol. The van der Waals surface area contributed by atoms with E-state index in [4.69, 9.17) is 5.26 Å². The topological polar surface area (TPSA) is 75.8 Å². The highest BCUT2D eigenvalue weighted by molar-refractivity contribution is 7.90. The van der Waals surface area contributed by atoms with Crippen molar-refractivity contribution in [3.05, 3.63) is 41.7 Å². The molecule has 0 unspecified atom stereocenters. The van der Waals surface area contributed by atoms with E-state index in [1.165, 1.54) is 0 Å². The maximum Gasteiger partial charge on any atom is 0.416 e. The van der Waals surface area contributed by atoms with E-state index >= 15 is 0 Å². The van der Waals surface area contributed by atoms with Gasteiger partial charge in [-0.25, -0.2) is 8.42 Å². The number of benzene rings is 1. The molecule has 0 saturated heterocycles. The average molecular weight is 341 g/mol. The second-order valence-electron chi connectivity index (χ2n) is 5.22. The summed E-state index contributed by atoms with van der Waals surface area (Å²) in [7, 11) is -3.61. The Labute approximate surface area is 130 Å². The number of halogens is 3. The molecule has 2 aromatic rings. The minimum absolute atomic E-state index is 0.000396. The summed E-state index contributed by atoms with van der Waals surface area (Å²) in [4.78, 5) is 0. The number of nitriles is 1. The molecule has 1 aromatic carbocycles. The molecule has 0 aliphatic heterocycles. The molecule has 0 spiro atoms. The van der Waals surface area contributed by atoms with Gasteiger partial charge in [-0.15, -0.1) is 0 Å². The van der Waals surface area contributed by atoms with Crippen LogP contribution in [0.5, 0.6) is 0 Å². The van der Waals surface area contributed by atoms with Crippen molar-refractivity contribution >= 4 is 10.0 Å². The molecule has 1 saturated carbocycles. The third-order valence-corrected chi connectivity index (χ3v) is 5.58. The van der Waals surface area contributed by atoms with Crippen LogP contribution in [0.15, 0.2) is 30.6 Å². The third-order valence-electron chi connectivity index (χ3n) is 3.54. The molecule has 1 aliphatic carbocycles. The maximum absolute atomic E-state index is 12.8. The quantitative estimate of drug-likeness (QED) is 0.860. The van der Waals surface area contributed by atoms with Gasteiger partial charge in [-0.1, -0.05) is 0 Å². The summed E-state index contributed by atoms with van der Waals surface area (Å²) in [5.41, 5.74) is -0.748. The summed E-state index contributed by atoms with van der Waals surface area (Å²) in [6, 6.07) is 4.50. The monoisotopic (exact) mass is 341 g/mol. The summed E-state index contributed by atoms with van der Waals surface area (Å²) < 4.78 is 63.4. The van der Waals surface area contributed by atoms with E-state index in [0.717, 1.165) is 34.7 Å². The van der Waals surface area contributed by atoms with Gasteiger partial charge in [0, 0.05) is 11.1 Å². The van der Waals surface area contributed by atoms with Crippen LogP contribution in [-0.4, -0.2) is 22.9 Å². The van der Waals surface area contributed by atoms with Gasteiger partial charge in [-0.05, 0) is 31.0 Å². The first-order valence-electron chi connectivity index (χ1n) is 6.64. The maximum atomic E-state index is 12.8. The molecule has 0 amide bonds. The van der Waals surface area contributed by atoms with Crippen molar-refractivity contribution in [2.75, 3.05) is 0 Å². The summed E-state index contributed by atoms with van der Waals surface area (Å²) in [6.07, 6.45) is -1.17. The standard InChI is InChI=1S/C14H10F3N3O2S/c15-14(16,17)11-2-1-9(6-18)13(5-11)10-7-19-20(8-10)23(21,22)12-3-4-12/h1-2,5,7-8,12H,3-4H2. The van der Waals surface area contributed by atoms with Gasteiger partial charge >= 0.3 is 6.18 Å². The van der Waals surface area contributed by atoms with Crippen LogP contribution in [0.3, 0.4) is 0 Å². The lowest BCUT2D eigenvalue weighted by molar-refractivity contribution is -0.137. The lowest BCUT2D eigenvalue weighted by Gasteiger charge is -2.09. The van der Waals surface area contributed by atoms with Crippen molar-refractivity contribution in [2.45, 2.75) is 24.3 Å². The normalized spacial score (nSPS) is 15.4. The number of alkyl halides is 3. The Morgan fingerprint density at radius 1 is 1.30 bits per heavy atom. The second-order valence-corrected chi connectivity index (χ2v) is 7.29. The van der Waals surface area contributed by atoms with Crippen LogP contribution in [0.2, 0.25) is 0 Å². The predicted octanol–water partition coefficient (Wildman–Crippen LogP) is 2.78. The van der Waals surface area contributed by atoms with Crippen LogP contribution in [0, 0.1) is 11.3 Å². The molecule has 120 valence electrons. The first-order valence-corrected chi connectivity index (χ1v) is 8.14. The summed E-state index contributed by atoms with van der Waals surface area (Å²) in [5, 5.41) is 12.3. The summed E-state index contributed by atoms with van der Waals surface area (Å²) in [6.45, 7) is 0. The van der Waals surface area contributed by atoms with Gasteiger partial charge in [0.2, 0.25) is 0 Å². The fourth-order valence-electron chi connectivity index (χ4n) is 2.16. The zero-order valence-electron chi connectivity index (χ0n) is 11.6. The number of aromatic nitrogens is 2. The SMILES string of the molecule is N#Cc1ccc(C(F)(F)F)cc1-c1cnn(S(=O)(=O)C2CC2)c1. The molecule has 1 aromatic heterocycles. The van der Waals surface area contributed by atoms with Gasteiger partial charge < -0.3 is 0 Å². The number of hydrogen-bond donors (Lipinski definition) is 0. The van der Waals surface area contributed by atoms with Crippen molar-refractivity contribution < 1.29 is 21.6 Å². The van der Waals surface area contributed by atoms with Crippen molar-refractivity contribution in [2.24, 2.45) is 0 Å².